The lowest BCUT2D eigenvalue weighted by atomic mass is 10.3. The van der Waals surface area contributed by atoms with Crippen LogP contribution in [0.15, 0.2) is 24.3 Å². The van der Waals surface area contributed by atoms with Crippen LogP contribution in [0.25, 0.3) is 0 Å². The van der Waals surface area contributed by atoms with Crippen LogP contribution in [-0.2, 0) is 4.79 Å². The Morgan fingerprint density at radius 1 is 1.16 bits per heavy atom. The maximum absolute atomic E-state index is 11.5. The quantitative estimate of drug-likeness (QED) is 0.766. The number of nitrogens with one attached hydrogen (secondary N) is 1. The summed E-state index contributed by atoms with van der Waals surface area (Å²) in [7, 11) is 3.92. The summed E-state index contributed by atoms with van der Waals surface area (Å²) in [5, 5.41) is 2.79. The highest BCUT2D eigenvalue weighted by Gasteiger charge is 2.02. The second kappa shape index (κ2) is 8.37. The van der Waals surface area contributed by atoms with E-state index >= 15 is 0 Å². The zero-order valence-electron chi connectivity index (χ0n) is 11.8. The summed E-state index contributed by atoms with van der Waals surface area (Å²) in [6.45, 7) is 4.03. The first-order chi connectivity index (χ1) is 9.11. The van der Waals surface area contributed by atoms with Crippen LogP contribution in [0, 0.1) is 0 Å². The molecule has 0 saturated heterocycles. The maximum atomic E-state index is 11.5. The van der Waals surface area contributed by atoms with Gasteiger partial charge in [-0.2, -0.15) is 0 Å². The molecule has 0 bridgehead atoms. The largest absolute Gasteiger partial charge is 0.494 e. The number of likely N-dealkylation sites (N-methyl/N-ethyl adjacent to an activating group) is 1. The van der Waals surface area contributed by atoms with E-state index in [4.69, 9.17) is 9.47 Å². The summed E-state index contributed by atoms with van der Waals surface area (Å²) < 4.78 is 10.7. The molecule has 0 heterocycles. The minimum absolute atomic E-state index is 0.0292. The fraction of sp³-hybridized carbons (Fsp3) is 0.500. The van der Waals surface area contributed by atoms with E-state index in [0.717, 1.165) is 12.3 Å². The fourth-order valence-electron chi connectivity index (χ4n) is 1.42. The summed E-state index contributed by atoms with van der Waals surface area (Å²) in [5.41, 5.74) is 0. The smallest absolute Gasteiger partial charge is 0.257 e. The van der Waals surface area contributed by atoms with E-state index in [1.165, 1.54) is 0 Å². The van der Waals surface area contributed by atoms with Gasteiger partial charge in [-0.25, -0.2) is 0 Å². The number of rotatable bonds is 8. The molecule has 1 amide bonds. The number of amides is 1. The third-order valence-electron chi connectivity index (χ3n) is 2.39. The highest BCUT2D eigenvalue weighted by Crippen LogP contribution is 2.17. The SMILES string of the molecule is CCOc1ccc(OCC(=O)NCCN(C)C)cc1. The normalized spacial score (nSPS) is 10.3. The highest BCUT2D eigenvalue weighted by molar-refractivity contribution is 5.77. The van der Waals surface area contributed by atoms with Gasteiger partial charge in [-0.05, 0) is 45.3 Å². The van der Waals surface area contributed by atoms with Gasteiger partial charge in [0.1, 0.15) is 11.5 Å². The predicted octanol–water partition coefficient (Wildman–Crippen LogP) is 1.14. The Morgan fingerprint density at radius 2 is 1.74 bits per heavy atom. The van der Waals surface area contributed by atoms with Crippen molar-refractivity contribution in [2.75, 3.05) is 40.4 Å². The molecule has 0 aliphatic heterocycles. The Kier molecular flexibility index (Phi) is 6.74. The number of carbonyl (C=O) groups excluding carboxylic acids is 1. The van der Waals surface area contributed by atoms with Crippen LogP contribution in [0.1, 0.15) is 6.92 Å². The van der Waals surface area contributed by atoms with Gasteiger partial charge >= 0.3 is 0 Å². The molecule has 0 saturated carbocycles. The van der Waals surface area contributed by atoms with E-state index < -0.39 is 0 Å². The number of benzene rings is 1. The van der Waals surface area contributed by atoms with E-state index in [1.807, 2.05) is 38.1 Å². The van der Waals surface area contributed by atoms with Gasteiger partial charge in [-0.1, -0.05) is 0 Å². The molecule has 1 rings (SSSR count). The number of ether oxygens (including phenoxy) is 2. The molecule has 0 spiro atoms. The van der Waals surface area contributed by atoms with Crippen LogP contribution < -0.4 is 14.8 Å². The van der Waals surface area contributed by atoms with Crippen molar-refractivity contribution in [2.45, 2.75) is 6.92 Å². The lowest BCUT2D eigenvalue weighted by Gasteiger charge is -2.11. The molecule has 19 heavy (non-hydrogen) atoms. The molecule has 106 valence electrons. The van der Waals surface area contributed by atoms with Crippen LogP contribution >= 0.6 is 0 Å². The van der Waals surface area contributed by atoms with E-state index in [-0.39, 0.29) is 12.5 Å². The molecule has 1 aromatic carbocycles. The Hall–Kier alpha value is -1.75. The number of carbonyl (C=O) groups is 1. The van der Waals surface area contributed by atoms with Crippen LogP contribution in [0.2, 0.25) is 0 Å². The molecule has 0 aliphatic rings. The van der Waals surface area contributed by atoms with Crippen LogP contribution in [0.3, 0.4) is 0 Å². The van der Waals surface area contributed by atoms with Gasteiger partial charge < -0.3 is 19.7 Å². The number of nitrogens with zero attached hydrogens (tertiary/aromatic N) is 1. The lowest BCUT2D eigenvalue weighted by molar-refractivity contribution is -0.123. The zero-order chi connectivity index (χ0) is 14.1. The maximum Gasteiger partial charge on any atom is 0.257 e. The van der Waals surface area contributed by atoms with Crippen molar-refractivity contribution < 1.29 is 14.3 Å². The van der Waals surface area contributed by atoms with Crippen molar-refractivity contribution in [3.63, 3.8) is 0 Å². The van der Waals surface area contributed by atoms with Crippen LogP contribution in [-0.4, -0.2) is 51.2 Å². The van der Waals surface area contributed by atoms with Gasteiger partial charge in [0.05, 0.1) is 6.61 Å². The van der Waals surface area contributed by atoms with Crippen LogP contribution in [0.5, 0.6) is 11.5 Å². The first kappa shape index (κ1) is 15.3. The molecular formula is C14H22N2O3. The third kappa shape index (κ3) is 6.67. The second-order valence-corrected chi connectivity index (χ2v) is 4.35. The van der Waals surface area contributed by atoms with Crippen molar-refractivity contribution in [2.24, 2.45) is 0 Å². The molecule has 0 aliphatic carbocycles. The minimum Gasteiger partial charge on any atom is -0.494 e. The Morgan fingerprint density at radius 3 is 2.26 bits per heavy atom. The van der Waals surface area contributed by atoms with Gasteiger partial charge in [-0.15, -0.1) is 0 Å². The molecular weight excluding hydrogens is 244 g/mol. The molecule has 0 radical (unpaired) electrons. The third-order valence-corrected chi connectivity index (χ3v) is 2.39. The van der Waals surface area contributed by atoms with Crippen molar-refractivity contribution in [3.05, 3.63) is 24.3 Å². The van der Waals surface area contributed by atoms with Gasteiger partial charge in [0, 0.05) is 13.1 Å². The molecule has 5 heteroatoms. The van der Waals surface area contributed by atoms with Gasteiger partial charge in [0.25, 0.3) is 5.91 Å². The average Bonchev–Trinajstić information content (AvgIpc) is 2.38. The summed E-state index contributed by atoms with van der Waals surface area (Å²) in [6, 6.07) is 7.22. The topological polar surface area (TPSA) is 50.8 Å². The van der Waals surface area contributed by atoms with Crippen molar-refractivity contribution in [1.82, 2.24) is 10.2 Å². The van der Waals surface area contributed by atoms with Gasteiger partial charge in [0.15, 0.2) is 6.61 Å². The fourth-order valence-corrected chi connectivity index (χ4v) is 1.42. The summed E-state index contributed by atoms with van der Waals surface area (Å²) >= 11 is 0. The van der Waals surface area contributed by atoms with Crippen molar-refractivity contribution >= 4 is 5.91 Å². The summed E-state index contributed by atoms with van der Waals surface area (Å²) in [5.74, 6) is 1.34. The molecule has 0 aromatic heterocycles. The Labute approximate surface area is 114 Å². The second-order valence-electron chi connectivity index (χ2n) is 4.35. The first-order valence-corrected chi connectivity index (χ1v) is 6.39. The highest BCUT2D eigenvalue weighted by atomic mass is 16.5. The lowest BCUT2D eigenvalue weighted by Crippen LogP contribution is -2.34. The Balaban J connectivity index is 2.25. The molecule has 5 nitrogen and oxygen atoms in total. The van der Waals surface area contributed by atoms with Crippen LogP contribution in [0.4, 0.5) is 0 Å². The van der Waals surface area contributed by atoms with Crippen molar-refractivity contribution in [3.8, 4) is 11.5 Å². The number of hydrogen-bond donors (Lipinski definition) is 1. The van der Waals surface area contributed by atoms with E-state index in [1.54, 1.807) is 12.1 Å². The minimum atomic E-state index is -0.115. The Bertz CT molecular complexity index is 377. The van der Waals surface area contributed by atoms with E-state index in [2.05, 4.69) is 5.32 Å². The van der Waals surface area contributed by atoms with Gasteiger partial charge in [-0.3, -0.25) is 4.79 Å². The van der Waals surface area contributed by atoms with E-state index in [0.29, 0.717) is 18.9 Å². The standard InChI is InChI=1S/C14H22N2O3/c1-4-18-12-5-7-13(8-6-12)19-11-14(17)15-9-10-16(2)3/h5-8H,4,9-11H2,1-3H3,(H,15,17). The summed E-state index contributed by atoms with van der Waals surface area (Å²) in [6.07, 6.45) is 0. The van der Waals surface area contributed by atoms with Gasteiger partial charge in [0.2, 0.25) is 0 Å². The molecule has 1 aromatic rings. The molecule has 0 atom stereocenters. The van der Waals surface area contributed by atoms with Crippen molar-refractivity contribution in [1.29, 1.82) is 0 Å². The average molecular weight is 266 g/mol. The van der Waals surface area contributed by atoms with E-state index in [9.17, 15) is 4.79 Å². The monoisotopic (exact) mass is 266 g/mol. The zero-order valence-corrected chi connectivity index (χ0v) is 11.8. The molecule has 1 N–H and O–H groups in total. The molecule has 0 fully saturated rings. The molecule has 0 unspecified atom stereocenters. The summed E-state index contributed by atoms with van der Waals surface area (Å²) in [4.78, 5) is 13.5. The number of hydrogen-bond acceptors (Lipinski definition) is 4. The first-order valence-electron chi connectivity index (χ1n) is 6.39. The predicted molar refractivity (Wildman–Crippen MR) is 74.7 cm³/mol.